The van der Waals surface area contributed by atoms with Gasteiger partial charge in [-0.1, -0.05) is 0 Å². The van der Waals surface area contributed by atoms with Crippen LogP contribution in [-0.2, 0) is 22.5 Å². The van der Waals surface area contributed by atoms with E-state index >= 15 is 0 Å². The minimum Gasteiger partial charge on any atom is -0.481 e. The normalized spacial score (nSPS) is 24.8. The Morgan fingerprint density at radius 3 is 2.83 bits per heavy atom. The van der Waals surface area contributed by atoms with Gasteiger partial charge >= 0.3 is 0 Å². The SMILES string of the molecule is COc1ccc2ncc(F)c(CCC34CCC(NCc5cc6c(cn5)OCC(=O)N6)(CC3)CO4)c2n1. The maximum atomic E-state index is 14.8. The highest BCUT2D eigenvalue weighted by atomic mass is 19.1. The highest BCUT2D eigenvalue weighted by Crippen LogP contribution is 2.46. The van der Waals surface area contributed by atoms with Gasteiger partial charge in [0.05, 0.1) is 54.1 Å². The third kappa shape index (κ3) is 4.24. The van der Waals surface area contributed by atoms with Crippen molar-refractivity contribution < 1.29 is 23.4 Å². The number of anilines is 1. The number of nitrogens with zero attached hydrogens (tertiary/aromatic N) is 3. The second-order valence-electron chi connectivity index (χ2n) is 9.92. The van der Waals surface area contributed by atoms with Crippen molar-refractivity contribution in [3.63, 3.8) is 0 Å². The fourth-order valence-corrected chi connectivity index (χ4v) is 5.50. The van der Waals surface area contributed by atoms with Crippen LogP contribution < -0.4 is 20.1 Å². The Balaban J connectivity index is 1.10. The molecule has 6 heterocycles. The maximum absolute atomic E-state index is 14.8. The Kier molecular flexibility index (Phi) is 5.72. The number of pyridine rings is 3. The average molecular weight is 494 g/mol. The van der Waals surface area contributed by atoms with Gasteiger partial charge in [0.2, 0.25) is 5.88 Å². The molecule has 2 saturated heterocycles. The van der Waals surface area contributed by atoms with E-state index in [0.717, 1.165) is 37.8 Å². The minimum atomic E-state index is -0.346. The quantitative estimate of drug-likeness (QED) is 0.516. The summed E-state index contributed by atoms with van der Waals surface area (Å²) in [6.45, 7) is 1.19. The molecule has 4 aliphatic rings. The smallest absolute Gasteiger partial charge is 0.262 e. The van der Waals surface area contributed by atoms with Crippen molar-refractivity contribution in [2.24, 2.45) is 0 Å². The molecule has 3 aromatic rings. The highest BCUT2D eigenvalue weighted by Gasteiger charge is 2.49. The van der Waals surface area contributed by atoms with Crippen molar-refractivity contribution in [3.8, 4) is 11.6 Å². The van der Waals surface area contributed by atoms with Gasteiger partial charge < -0.3 is 24.8 Å². The van der Waals surface area contributed by atoms with E-state index in [4.69, 9.17) is 14.2 Å². The number of methoxy groups -OCH3 is 1. The van der Waals surface area contributed by atoms with E-state index in [0.29, 0.717) is 53.5 Å². The van der Waals surface area contributed by atoms with Crippen LogP contribution in [0.2, 0.25) is 0 Å². The number of rotatable bonds is 7. The number of amides is 1. The Bertz CT molecular complexity index is 1310. The third-order valence-electron chi connectivity index (χ3n) is 7.75. The van der Waals surface area contributed by atoms with Crippen LogP contribution in [0.25, 0.3) is 11.0 Å². The summed E-state index contributed by atoms with van der Waals surface area (Å²) < 4.78 is 31.8. The van der Waals surface area contributed by atoms with E-state index in [1.807, 2.05) is 6.07 Å². The van der Waals surface area contributed by atoms with Crippen molar-refractivity contribution in [1.29, 1.82) is 0 Å². The molecule has 36 heavy (non-hydrogen) atoms. The number of carbonyl (C=O) groups excluding carboxylic acids is 1. The molecule has 2 N–H and O–H groups in total. The fraction of sp³-hybridized carbons (Fsp3) is 0.462. The number of aromatic nitrogens is 3. The number of aryl methyl sites for hydroxylation is 1. The zero-order chi connectivity index (χ0) is 24.8. The van der Waals surface area contributed by atoms with Gasteiger partial charge in [0, 0.05) is 23.7 Å². The molecule has 7 rings (SSSR count). The van der Waals surface area contributed by atoms with E-state index in [1.165, 1.54) is 6.20 Å². The first kappa shape index (κ1) is 23.1. The first-order valence-electron chi connectivity index (χ1n) is 12.3. The number of carbonyl (C=O) groups is 1. The van der Waals surface area contributed by atoms with Gasteiger partial charge in [-0.3, -0.25) is 14.8 Å². The first-order valence-corrected chi connectivity index (χ1v) is 12.3. The van der Waals surface area contributed by atoms with Crippen LogP contribution in [0.5, 0.6) is 11.6 Å². The van der Waals surface area contributed by atoms with E-state index < -0.39 is 0 Å². The van der Waals surface area contributed by atoms with Crippen LogP contribution in [0.4, 0.5) is 10.1 Å². The van der Waals surface area contributed by atoms with Crippen molar-refractivity contribution in [2.75, 3.05) is 25.6 Å². The topological polar surface area (TPSA) is 107 Å². The lowest BCUT2D eigenvalue weighted by Gasteiger charge is -2.53. The maximum Gasteiger partial charge on any atom is 0.262 e. The number of halogens is 1. The molecule has 1 saturated carbocycles. The zero-order valence-electron chi connectivity index (χ0n) is 20.1. The minimum absolute atomic E-state index is 0.0171. The lowest BCUT2D eigenvalue weighted by molar-refractivity contribution is -0.165. The molecule has 9 nitrogen and oxygen atoms in total. The Labute approximate surface area is 207 Å². The van der Waals surface area contributed by atoms with E-state index in [2.05, 4.69) is 25.6 Å². The van der Waals surface area contributed by atoms with Gasteiger partial charge in [-0.05, 0) is 50.7 Å². The predicted molar refractivity (Wildman–Crippen MR) is 129 cm³/mol. The molecule has 3 aromatic heterocycles. The summed E-state index contributed by atoms with van der Waals surface area (Å²) in [6.07, 6.45) is 7.94. The molecule has 0 radical (unpaired) electrons. The third-order valence-corrected chi connectivity index (χ3v) is 7.75. The van der Waals surface area contributed by atoms with Crippen LogP contribution in [0.1, 0.15) is 43.4 Å². The van der Waals surface area contributed by atoms with Crippen molar-refractivity contribution in [1.82, 2.24) is 20.3 Å². The zero-order valence-corrected chi connectivity index (χ0v) is 20.1. The van der Waals surface area contributed by atoms with E-state index in [1.54, 1.807) is 25.4 Å². The Morgan fingerprint density at radius 1 is 1.19 bits per heavy atom. The van der Waals surface area contributed by atoms with Crippen LogP contribution in [0.3, 0.4) is 0 Å². The van der Waals surface area contributed by atoms with Gasteiger partial charge in [0.1, 0.15) is 5.82 Å². The van der Waals surface area contributed by atoms with E-state index in [9.17, 15) is 9.18 Å². The molecule has 1 aliphatic carbocycles. The Morgan fingerprint density at radius 2 is 2.06 bits per heavy atom. The first-order chi connectivity index (χ1) is 17.5. The molecule has 0 aromatic carbocycles. The highest BCUT2D eigenvalue weighted by molar-refractivity contribution is 5.95. The number of ether oxygens (including phenoxy) is 3. The average Bonchev–Trinajstić information content (AvgIpc) is 2.92. The van der Waals surface area contributed by atoms with Crippen molar-refractivity contribution in [2.45, 2.75) is 56.2 Å². The van der Waals surface area contributed by atoms with Crippen LogP contribution in [0, 0.1) is 5.82 Å². The van der Waals surface area contributed by atoms with Crippen molar-refractivity contribution in [3.05, 3.63) is 47.7 Å². The van der Waals surface area contributed by atoms with Crippen LogP contribution in [-0.4, -0.2) is 52.3 Å². The molecule has 188 valence electrons. The molecule has 3 aliphatic heterocycles. The van der Waals surface area contributed by atoms with Gasteiger partial charge in [-0.2, -0.15) is 0 Å². The van der Waals surface area contributed by atoms with E-state index in [-0.39, 0.29) is 29.5 Å². The lowest BCUT2D eigenvalue weighted by atomic mass is 9.69. The van der Waals surface area contributed by atoms with Gasteiger partial charge in [-0.15, -0.1) is 0 Å². The summed E-state index contributed by atoms with van der Waals surface area (Å²) in [5.41, 5.74) is 2.89. The number of hydrogen-bond acceptors (Lipinski definition) is 8. The molecule has 0 spiro atoms. The molecular weight excluding hydrogens is 465 g/mol. The number of fused-ring (bicyclic) bond motifs is 5. The summed E-state index contributed by atoms with van der Waals surface area (Å²) in [5, 5.41) is 6.49. The molecule has 10 heteroatoms. The molecule has 3 fully saturated rings. The summed E-state index contributed by atoms with van der Waals surface area (Å²) >= 11 is 0. The summed E-state index contributed by atoms with van der Waals surface area (Å²) in [7, 11) is 1.55. The predicted octanol–water partition coefficient (Wildman–Crippen LogP) is 3.31. The van der Waals surface area contributed by atoms with Gasteiger partial charge in [0.15, 0.2) is 12.4 Å². The van der Waals surface area contributed by atoms with Crippen LogP contribution in [0.15, 0.2) is 30.6 Å². The lowest BCUT2D eigenvalue weighted by Crippen LogP contribution is -2.61. The Hall–Kier alpha value is -3.37. The molecule has 0 unspecified atom stereocenters. The second kappa shape index (κ2) is 8.94. The fourth-order valence-electron chi connectivity index (χ4n) is 5.50. The van der Waals surface area contributed by atoms with Gasteiger partial charge in [-0.25, -0.2) is 9.37 Å². The standard InChI is InChI=1S/C26H28FN5O4/c1-34-23-3-2-19-24(32-23)17(18(27)12-29-19)4-5-26-8-6-25(7-9-26,15-36-26)30-11-16-10-20-21(13-28-16)35-14-22(33)31-20/h2-3,10,12-13,30H,4-9,11,14-15H2,1H3,(H,31,33). The molecule has 0 atom stereocenters. The van der Waals surface area contributed by atoms with Crippen molar-refractivity contribution >= 4 is 22.6 Å². The summed E-state index contributed by atoms with van der Waals surface area (Å²) in [6, 6.07) is 5.39. The summed E-state index contributed by atoms with van der Waals surface area (Å²) in [5.74, 6) is 0.526. The molecule has 2 bridgehead atoms. The van der Waals surface area contributed by atoms with Crippen LogP contribution >= 0.6 is 0 Å². The molecule has 1 amide bonds. The monoisotopic (exact) mass is 493 g/mol. The largest absolute Gasteiger partial charge is 0.481 e. The second-order valence-corrected chi connectivity index (χ2v) is 9.92. The number of nitrogens with one attached hydrogen (secondary N) is 2. The number of hydrogen-bond donors (Lipinski definition) is 2. The van der Waals surface area contributed by atoms with Gasteiger partial charge in [0.25, 0.3) is 5.91 Å². The molecular formula is C26H28FN5O4. The summed E-state index contributed by atoms with van der Waals surface area (Å²) in [4.78, 5) is 24.7.